The van der Waals surface area contributed by atoms with Gasteiger partial charge in [-0.15, -0.1) is 0 Å². The van der Waals surface area contributed by atoms with Crippen molar-refractivity contribution in [2.75, 3.05) is 13.1 Å². The van der Waals surface area contributed by atoms with Gasteiger partial charge in [-0.3, -0.25) is 9.58 Å². The van der Waals surface area contributed by atoms with Crippen molar-refractivity contribution in [2.24, 2.45) is 11.8 Å². The first kappa shape index (κ1) is 16.4. The van der Waals surface area contributed by atoms with Crippen LogP contribution in [0.1, 0.15) is 22.6 Å². The molecule has 2 aliphatic rings. The Morgan fingerprint density at radius 2 is 2.07 bits per heavy atom. The first-order chi connectivity index (χ1) is 13.1. The monoisotopic (exact) mass is 369 g/mol. The van der Waals surface area contributed by atoms with E-state index in [1.54, 1.807) is 10.9 Å². The number of aryl methyl sites for hydroxylation is 2. The standard InChI is InChI=1S/C19H20FN5O2/c20-15-7-12(19(26)27)8-16-18(15)22-17(11-23-9-13-6-14(13)10-23)25(16)5-4-24-3-1-2-21-24/h1-3,7-8,13-14H,4-6,9-11H2,(H,26,27). The number of hydrogen-bond acceptors (Lipinski definition) is 4. The quantitative estimate of drug-likeness (QED) is 0.721. The minimum absolute atomic E-state index is 0.0609. The van der Waals surface area contributed by atoms with Crippen molar-refractivity contribution in [1.82, 2.24) is 24.2 Å². The summed E-state index contributed by atoms with van der Waals surface area (Å²) in [6.07, 6.45) is 4.91. The highest BCUT2D eigenvalue weighted by Crippen LogP contribution is 2.45. The normalized spacial score (nSPS) is 21.7. The predicted octanol–water partition coefficient (Wildman–Crippen LogP) is 2.22. The molecule has 2 aromatic heterocycles. The molecule has 7 nitrogen and oxygen atoms in total. The smallest absolute Gasteiger partial charge is 0.335 e. The number of imidazole rings is 1. The maximum atomic E-state index is 14.5. The third-order valence-electron chi connectivity index (χ3n) is 5.66. The molecule has 0 amide bonds. The van der Waals surface area contributed by atoms with Crippen LogP contribution in [-0.2, 0) is 19.6 Å². The number of nitrogens with zero attached hydrogens (tertiary/aromatic N) is 5. The van der Waals surface area contributed by atoms with Crippen LogP contribution >= 0.6 is 0 Å². The summed E-state index contributed by atoms with van der Waals surface area (Å²) >= 11 is 0. The van der Waals surface area contributed by atoms with Gasteiger partial charge in [0.2, 0.25) is 0 Å². The third kappa shape index (κ3) is 2.99. The largest absolute Gasteiger partial charge is 0.478 e. The molecular formula is C19H20FN5O2. The molecule has 3 aromatic rings. The number of benzene rings is 1. The van der Waals surface area contributed by atoms with Crippen LogP contribution in [-0.4, -0.2) is 48.4 Å². The van der Waals surface area contributed by atoms with Gasteiger partial charge in [-0.05, 0) is 36.5 Å². The molecule has 2 unspecified atom stereocenters. The lowest BCUT2D eigenvalue weighted by molar-refractivity contribution is 0.0696. The third-order valence-corrected chi connectivity index (χ3v) is 5.66. The molecule has 1 aromatic carbocycles. The first-order valence-corrected chi connectivity index (χ1v) is 9.20. The number of carbonyl (C=O) groups is 1. The van der Waals surface area contributed by atoms with E-state index in [0.717, 1.165) is 36.8 Å². The van der Waals surface area contributed by atoms with E-state index >= 15 is 0 Å². The second-order valence-electron chi connectivity index (χ2n) is 7.53. The van der Waals surface area contributed by atoms with Crippen LogP contribution in [0.5, 0.6) is 0 Å². The fraction of sp³-hybridized carbons (Fsp3) is 0.421. The van der Waals surface area contributed by atoms with Gasteiger partial charge in [0, 0.05) is 32.0 Å². The van der Waals surface area contributed by atoms with Gasteiger partial charge >= 0.3 is 5.97 Å². The average molecular weight is 369 g/mol. The molecule has 27 heavy (non-hydrogen) atoms. The van der Waals surface area contributed by atoms with Gasteiger partial charge < -0.3 is 9.67 Å². The molecule has 0 radical (unpaired) electrons. The molecule has 5 rings (SSSR count). The number of aromatic nitrogens is 4. The van der Waals surface area contributed by atoms with Crippen LogP contribution in [0.3, 0.4) is 0 Å². The van der Waals surface area contributed by atoms with Crippen molar-refractivity contribution >= 4 is 17.0 Å². The fourth-order valence-electron chi connectivity index (χ4n) is 4.18. The summed E-state index contributed by atoms with van der Waals surface area (Å²) in [7, 11) is 0. The number of halogens is 1. The summed E-state index contributed by atoms with van der Waals surface area (Å²) in [6, 6.07) is 4.41. The number of carboxylic acids is 1. The molecule has 1 aliphatic heterocycles. The molecule has 0 bridgehead atoms. The molecule has 1 saturated carbocycles. The van der Waals surface area contributed by atoms with E-state index in [1.165, 1.54) is 12.5 Å². The van der Waals surface area contributed by atoms with Gasteiger partial charge in [0.25, 0.3) is 0 Å². The van der Waals surface area contributed by atoms with E-state index in [4.69, 9.17) is 0 Å². The molecule has 1 saturated heterocycles. The second kappa shape index (κ2) is 6.16. The van der Waals surface area contributed by atoms with Crippen molar-refractivity contribution < 1.29 is 14.3 Å². The summed E-state index contributed by atoms with van der Waals surface area (Å²) in [5.41, 5.74) is 0.702. The minimum Gasteiger partial charge on any atom is -0.478 e. The van der Waals surface area contributed by atoms with Crippen molar-refractivity contribution in [2.45, 2.75) is 26.1 Å². The van der Waals surface area contributed by atoms with Crippen LogP contribution in [0, 0.1) is 17.7 Å². The summed E-state index contributed by atoms with van der Waals surface area (Å²) < 4.78 is 18.3. The molecule has 2 fully saturated rings. The Labute approximate surface area is 155 Å². The van der Waals surface area contributed by atoms with Gasteiger partial charge in [0.05, 0.1) is 24.2 Å². The Balaban J connectivity index is 1.52. The molecule has 0 spiro atoms. The zero-order chi connectivity index (χ0) is 18.5. The molecule has 140 valence electrons. The van der Waals surface area contributed by atoms with Gasteiger partial charge in [-0.1, -0.05) is 0 Å². The molecule has 2 atom stereocenters. The summed E-state index contributed by atoms with van der Waals surface area (Å²) in [6.45, 7) is 3.95. The van der Waals surface area contributed by atoms with Gasteiger partial charge in [0.1, 0.15) is 11.3 Å². The molecule has 1 N–H and O–H groups in total. The zero-order valence-electron chi connectivity index (χ0n) is 14.8. The van der Waals surface area contributed by atoms with E-state index in [2.05, 4.69) is 15.0 Å². The topological polar surface area (TPSA) is 76.2 Å². The van der Waals surface area contributed by atoms with Crippen molar-refractivity contribution in [1.29, 1.82) is 0 Å². The molecule has 8 heteroatoms. The molecule has 1 aliphatic carbocycles. The van der Waals surface area contributed by atoms with E-state index in [9.17, 15) is 14.3 Å². The minimum atomic E-state index is -1.14. The van der Waals surface area contributed by atoms with Gasteiger partial charge in [-0.25, -0.2) is 14.2 Å². The zero-order valence-corrected chi connectivity index (χ0v) is 14.8. The highest BCUT2D eigenvalue weighted by Gasteiger charge is 2.45. The average Bonchev–Trinajstić information content (AvgIpc) is 3.03. The summed E-state index contributed by atoms with van der Waals surface area (Å²) in [4.78, 5) is 18.3. The lowest BCUT2D eigenvalue weighted by Gasteiger charge is -2.18. The Kier molecular flexibility index (Phi) is 3.75. The Morgan fingerprint density at radius 3 is 2.78 bits per heavy atom. The van der Waals surface area contributed by atoms with Gasteiger partial charge in [-0.2, -0.15) is 5.10 Å². The van der Waals surface area contributed by atoms with E-state index in [0.29, 0.717) is 25.2 Å². The molecule has 3 heterocycles. The maximum absolute atomic E-state index is 14.5. The number of piperidine rings is 1. The van der Waals surface area contributed by atoms with Gasteiger partial charge in [0.15, 0.2) is 5.82 Å². The van der Waals surface area contributed by atoms with E-state index in [1.807, 2.05) is 16.8 Å². The Bertz CT molecular complexity index is 1000. The first-order valence-electron chi connectivity index (χ1n) is 9.20. The fourth-order valence-corrected chi connectivity index (χ4v) is 4.18. The number of rotatable bonds is 6. The van der Waals surface area contributed by atoms with Crippen molar-refractivity contribution in [3.05, 3.63) is 47.8 Å². The molecular weight excluding hydrogens is 349 g/mol. The van der Waals surface area contributed by atoms with Crippen LogP contribution < -0.4 is 0 Å². The van der Waals surface area contributed by atoms with Crippen molar-refractivity contribution in [3.63, 3.8) is 0 Å². The lowest BCUT2D eigenvalue weighted by Crippen LogP contribution is -2.24. The second-order valence-corrected chi connectivity index (χ2v) is 7.53. The Hall–Kier alpha value is -2.74. The Morgan fingerprint density at radius 1 is 1.26 bits per heavy atom. The van der Waals surface area contributed by atoms with E-state index < -0.39 is 11.8 Å². The summed E-state index contributed by atoms with van der Waals surface area (Å²) in [5, 5.41) is 13.5. The SMILES string of the molecule is O=C(O)c1cc(F)c2nc(CN3CC4CC4C3)n(CCn3cccn3)c2c1. The predicted molar refractivity (Wildman–Crippen MR) is 95.8 cm³/mol. The van der Waals surface area contributed by atoms with Crippen LogP contribution in [0.2, 0.25) is 0 Å². The number of hydrogen-bond donors (Lipinski definition) is 1. The number of aromatic carboxylic acids is 1. The highest BCUT2D eigenvalue weighted by atomic mass is 19.1. The highest BCUT2D eigenvalue weighted by molar-refractivity contribution is 5.92. The van der Waals surface area contributed by atoms with Crippen molar-refractivity contribution in [3.8, 4) is 0 Å². The van der Waals surface area contributed by atoms with Crippen LogP contribution in [0.4, 0.5) is 4.39 Å². The number of carboxylic acid groups (broad SMARTS) is 1. The van der Waals surface area contributed by atoms with Crippen LogP contribution in [0.15, 0.2) is 30.6 Å². The lowest BCUT2D eigenvalue weighted by atomic mass is 10.2. The summed E-state index contributed by atoms with van der Waals surface area (Å²) in [5.74, 6) is 0.662. The van der Waals surface area contributed by atoms with Crippen LogP contribution in [0.25, 0.3) is 11.0 Å². The number of fused-ring (bicyclic) bond motifs is 2. The number of likely N-dealkylation sites (tertiary alicyclic amines) is 1. The maximum Gasteiger partial charge on any atom is 0.335 e. The van der Waals surface area contributed by atoms with E-state index in [-0.39, 0.29) is 11.1 Å².